The number of amides is 1. The third-order valence-electron chi connectivity index (χ3n) is 3.74. The van der Waals surface area contributed by atoms with Crippen molar-refractivity contribution in [3.63, 3.8) is 0 Å². The van der Waals surface area contributed by atoms with Gasteiger partial charge in [-0.2, -0.15) is 8.78 Å². The lowest BCUT2D eigenvalue weighted by Crippen LogP contribution is -2.45. The van der Waals surface area contributed by atoms with Crippen molar-refractivity contribution in [3.8, 4) is 5.75 Å². The molecule has 2 atom stereocenters. The maximum atomic E-state index is 12.1. The molecule has 0 unspecified atom stereocenters. The van der Waals surface area contributed by atoms with Gasteiger partial charge in [-0.1, -0.05) is 12.8 Å². The fourth-order valence-electron chi connectivity index (χ4n) is 2.64. The maximum absolute atomic E-state index is 12.1. The Morgan fingerprint density at radius 2 is 1.82 bits per heavy atom. The largest absolute Gasteiger partial charge is 0.481 e. The van der Waals surface area contributed by atoms with Gasteiger partial charge in [0.2, 0.25) is 0 Å². The summed E-state index contributed by atoms with van der Waals surface area (Å²) in [5.74, 6) is -1.95. The summed E-state index contributed by atoms with van der Waals surface area (Å²) in [6.07, 6.45) is 2.87. The predicted molar refractivity (Wildman–Crippen MR) is 73.9 cm³/mol. The van der Waals surface area contributed by atoms with Gasteiger partial charge in [-0.25, -0.2) is 0 Å². The summed E-state index contributed by atoms with van der Waals surface area (Å²) in [5.41, 5.74) is 0.274. The Morgan fingerprint density at radius 1 is 1.18 bits per heavy atom. The third kappa shape index (κ3) is 4.16. The molecule has 1 aromatic rings. The number of carbonyl (C=O) groups excluding carboxylic acids is 1. The highest BCUT2D eigenvalue weighted by Gasteiger charge is 2.31. The second kappa shape index (κ2) is 7.20. The number of nitrogens with one attached hydrogen (secondary N) is 1. The smallest absolute Gasteiger partial charge is 0.387 e. The minimum atomic E-state index is -2.92. The van der Waals surface area contributed by atoms with E-state index >= 15 is 0 Å². The van der Waals surface area contributed by atoms with Gasteiger partial charge in [0.1, 0.15) is 5.75 Å². The summed E-state index contributed by atoms with van der Waals surface area (Å²) >= 11 is 0. The highest BCUT2D eigenvalue weighted by atomic mass is 19.3. The first-order valence-electron chi connectivity index (χ1n) is 7.06. The molecule has 0 aliphatic heterocycles. The molecule has 0 heterocycles. The highest BCUT2D eigenvalue weighted by Crippen LogP contribution is 2.25. The number of carboxylic acids is 1. The van der Waals surface area contributed by atoms with Crippen LogP contribution in [0.4, 0.5) is 8.78 Å². The molecule has 1 saturated carbocycles. The molecule has 1 fully saturated rings. The fraction of sp³-hybridized carbons (Fsp3) is 0.467. The van der Waals surface area contributed by atoms with Crippen molar-refractivity contribution >= 4 is 11.9 Å². The Labute approximate surface area is 126 Å². The predicted octanol–water partition coefficient (Wildman–Crippen LogP) is 2.66. The van der Waals surface area contributed by atoms with Crippen LogP contribution in [0.5, 0.6) is 5.75 Å². The molecule has 1 aliphatic rings. The van der Waals surface area contributed by atoms with Crippen molar-refractivity contribution in [2.45, 2.75) is 38.3 Å². The van der Waals surface area contributed by atoms with Crippen LogP contribution >= 0.6 is 0 Å². The lowest BCUT2D eigenvalue weighted by Gasteiger charge is -2.29. The van der Waals surface area contributed by atoms with Gasteiger partial charge in [0, 0.05) is 11.6 Å². The van der Waals surface area contributed by atoms with Crippen molar-refractivity contribution in [2.75, 3.05) is 0 Å². The van der Waals surface area contributed by atoms with Crippen LogP contribution in [-0.2, 0) is 4.79 Å². The normalized spacial score (nSPS) is 21.4. The molecule has 0 spiro atoms. The van der Waals surface area contributed by atoms with E-state index in [0.717, 1.165) is 12.8 Å². The number of benzene rings is 1. The highest BCUT2D eigenvalue weighted by molar-refractivity contribution is 5.94. The zero-order valence-electron chi connectivity index (χ0n) is 11.8. The first kappa shape index (κ1) is 16.2. The molecule has 5 nitrogen and oxygen atoms in total. The van der Waals surface area contributed by atoms with E-state index < -0.39 is 30.4 Å². The monoisotopic (exact) mass is 313 g/mol. The van der Waals surface area contributed by atoms with Gasteiger partial charge in [0.25, 0.3) is 5.91 Å². The van der Waals surface area contributed by atoms with E-state index in [1.807, 2.05) is 0 Å². The van der Waals surface area contributed by atoms with E-state index in [9.17, 15) is 23.5 Å². The molecule has 2 rings (SSSR count). The first-order chi connectivity index (χ1) is 10.5. The Kier molecular flexibility index (Phi) is 5.30. The topological polar surface area (TPSA) is 75.6 Å². The fourth-order valence-corrected chi connectivity index (χ4v) is 2.64. The summed E-state index contributed by atoms with van der Waals surface area (Å²) in [6.45, 7) is -2.92. The molecular formula is C15H17F2NO4. The lowest BCUT2D eigenvalue weighted by atomic mass is 9.84. The number of rotatable bonds is 5. The van der Waals surface area contributed by atoms with Gasteiger partial charge in [-0.05, 0) is 37.1 Å². The molecule has 1 amide bonds. The summed E-state index contributed by atoms with van der Waals surface area (Å²) in [7, 11) is 0. The quantitative estimate of drug-likeness (QED) is 0.876. The molecule has 0 aromatic heterocycles. The molecule has 120 valence electrons. The molecular weight excluding hydrogens is 296 g/mol. The Hall–Kier alpha value is -2.18. The number of halogens is 2. The molecule has 7 heteroatoms. The molecule has 0 bridgehead atoms. The number of hydrogen-bond acceptors (Lipinski definition) is 3. The van der Waals surface area contributed by atoms with Gasteiger partial charge < -0.3 is 15.2 Å². The summed E-state index contributed by atoms with van der Waals surface area (Å²) in [5, 5.41) is 11.9. The van der Waals surface area contributed by atoms with E-state index in [4.69, 9.17) is 0 Å². The number of ether oxygens (including phenoxy) is 1. The van der Waals surface area contributed by atoms with Gasteiger partial charge in [0.15, 0.2) is 0 Å². The van der Waals surface area contributed by atoms with Crippen LogP contribution in [0.1, 0.15) is 36.0 Å². The van der Waals surface area contributed by atoms with Crippen LogP contribution < -0.4 is 10.1 Å². The second-order valence-corrected chi connectivity index (χ2v) is 5.21. The maximum Gasteiger partial charge on any atom is 0.387 e. The standard InChI is InChI=1S/C15H17F2NO4/c16-15(17)22-10-7-5-9(6-8-10)13(19)18-12-4-2-1-3-11(12)14(20)21/h5-8,11-12,15H,1-4H2,(H,18,19)(H,20,21)/t11-,12+/m0/s1. The lowest BCUT2D eigenvalue weighted by molar-refractivity contribution is -0.143. The van der Waals surface area contributed by atoms with E-state index in [0.29, 0.717) is 12.8 Å². The van der Waals surface area contributed by atoms with E-state index in [1.165, 1.54) is 24.3 Å². The minimum absolute atomic E-state index is 0.0346. The summed E-state index contributed by atoms with van der Waals surface area (Å²) in [6, 6.07) is 4.88. The van der Waals surface area contributed by atoms with Crippen LogP contribution in [0, 0.1) is 5.92 Å². The van der Waals surface area contributed by atoms with Crippen molar-refractivity contribution < 1.29 is 28.2 Å². The average molecular weight is 313 g/mol. The van der Waals surface area contributed by atoms with Crippen molar-refractivity contribution in [1.82, 2.24) is 5.32 Å². The van der Waals surface area contributed by atoms with Crippen LogP contribution in [0.3, 0.4) is 0 Å². The third-order valence-corrected chi connectivity index (χ3v) is 3.74. The molecule has 2 N–H and O–H groups in total. The average Bonchev–Trinajstić information content (AvgIpc) is 2.47. The Morgan fingerprint density at radius 3 is 2.41 bits per heavy atom. The van der Waals surface area contributed by atoms with Gasteiger partial charge in [-0.15, -0.1) is 0 Å². The SMILES string of the molecule is O=C(N[C@@H]1CCCC[C@@H]1C(=O)O)c1ccc(OC(F)F)cc1. The van der Waals surface area contributed by atoms with Crippen LogP contribution in [0.25, 0.3) is 0 Å². The van der Waals surface area contributed by atoms with E-state index in [-0.39, 0.29) is 11.3 Å². The number of aliphatic carboxylic acids is 1. The van der Waals surface area contributed by atoms with Crippen molar-refractivity contribution in [3.05, 3.63) is 29.8 Å². The van der Waals surface area contributed by atoms with Crippen LogP contribution in [0.15, 0.2) is 24.3 Å². The number of carboxylic acid groups (broad SMARTS) is 1. The van der Waals surface area contributed by atoms with Crippen molar-refractivity contribution in [1.29, 1.82) is 0 Å². The van der Waals surface area contributed by atoms with Gasteiger partial charge >= 0.3 is 12.6 Å². The van der Waals surface area contributed by atoms with E-state index in [1.54, 1.807) is 0 Å². The summed E-state index contributed by atoms with van der Waals surface area (Å²) in [4.78, 5) is 23.3. The molecule has 1 aliphatic carbocycles. The molecule has 0 radical (unpaired) electrons. The van der Waals surface area contributed by atoms with Gasteiger partial charge in [0.05, 0.1) is 5.92 Å². The van der Waals surface area contributed by atoms with Gasteiger partial charge in [-0.3, -0.25) is 9.59 Å². The number of carbonyl (C=O) groups is 2. The first-order valence-corrected chi connectivity index (χ1v) is 7.06. The minimum Gasteiger partial charge on any atom is -0.481 e. The number of hydrogen-bond donors (Lipinski definition) is 2. The zero-order valence-corrected chi connectivity index (χ0v) is 11.8. The Balaban J connectivity index is 2.00. The van der Waals surface area contributed by atoms with Crippen LogP contribution in [0.2, 0.25) is 0 Å². The number of alkyl halides is 2. The molecule has 0 saturated heterocycles. The van der Waals surface area contributed by atoms with E-state index in [2.05, 4.69) is 10.1 Å². The summed E-state index contributed by atoms with van der Waals surface area (Å²) < 4.78 is 28.3. The van der Waals surface area contributed by atoms with Crippen molar-refractivity contribution in [2.24, 2.45) is 5.92 Å². The molecule has 22 heavy (non-hydrogen) atoms. The Bertz CT molecular complexity index is 533. The zero-order chi connectivity index (χ0) is 16.1. The molecule has 1 aromatic carbocycles. The van der Waals surface area contributed by atoms with Crippen LogP contribution in [-0.4, -0.2) is 29.6 Å². The second-order valence-electron chi connectivity index (χ2n) is 5.21.